The molecule has 0 fully saturated rings. The van der Waals surface area contributed by atoms with Gasteiger partial charge in [-0.3, -0.25) is 0 Å². The van der Waals surface area contributed by atoms with Crippen LogP contribution in [0, 0.1) is 13.8 Å². The van der Waals surface area contributed by atoms with Crippen LogP contribution in [0.15, 0.2) is 48.5 Å². The van der Waals surface area contributed by atoms with Crippen LogP contribution in [-0.2, 0) is 6.42 Å². The Hall–Kier alpha value is -1.60. The molecule has 2 N–H and O–H groups in total. The molecule has 2 aromatic carbocycles. The van der Waals surface area contributed by atoms with E-state index in [1.54, 1.807) is 0 Å². The van der Waals surface area contributed by atoms with Gasteiger partial charge in [-0.1, -0.05) is 54.1 Å². The molecule has 0 saturated heterocycles. The molecule has 0 saturated carbocycles. The minimum Gasteiger partial charge on any atom is -0.324 e. The van der Waals surface area contributed by atoms with Gasteiger partial charge in [0.25, 0.3) is 0 Å². The average Bonchev–Trinajstić information content (AvgIpc) is 2.37. The van der Waals surface area contributed by atoms with Crippen molar-refractivity contribution in [3.8, 4) is 0 Å². The molecule has 18 heavy (non-hydrogen) atoms. The summed E-state index contributed by atoms with van der Waals surface area (Å²) in [5, 5.41) is 0. The first-order chi connectivity index (χ1) is 8.66. The van der Waals surface area contributed by atoms with E-state index in [0.717, 1.165) is 12.8 Å². The standard InChI is InChI=1S/C17H21N/c1-13-6-5-8-15(12-13)10-11-17(18)16-9-4-3-7-14(16)2/h3-9,12,17H,10-11,18H2,1-2H3. The molecule has 2 rings (SSSR count). The first-order valence-electron chi connectivity index (χ1n) is 6.53. The maximum Gasteiger partial charge on any atom is 0.0300 e. The summed E-state index contributed by atoms with van der Waals surface area (Å²) in [6, 6.07) is 17.2. The van der Waals surface area contributed by atoms with Crippen molar-refractivity contribution >= 4 is 0 Å². The van der Waals surface area contributed by atoms with Gasteiger partial charge in [-0.25, -0.2) is 0 Å². The predicted molar refractivity (Wildman–Crippen MR) is 77.6 cm³/mol. The highest BCUT2D eigenvalue weighted by atomic mass is 14.6. The predicted octanol–water partition coefficient (Wildman–Crippen LogP) is 3.94. The first-order valence-corrected chi connectivity index (χ1v) is 6.53. The lowest BCUT2D eigenvalue weighted by molar-refractivity contribution is 0.647. The Morgan fingerprint density at radius 3 is 2.50 bits per heavy atom. The molecule has 1 atom stereocenters. The summed E-state index contributed by atoms with van der Waals surface area (Å²) in [7, 11) is 0. The van der Waals surface area contributed by atoms with Crippen molar-refractivity contribution in [2.45, 2.75) is 32.7 Å². The molecule has 0 aliphatic carbocycles. The number of nitrogens with two attached hydrogens (primary N) is 1. The summed E-state index contributed by atoms with van der Waals surface area (Å²) < 4.78 is 0. The zero-order valence-electron chi connectivity index (χ0n) is 11.2. The quantitative estimate of drug-likeness (QED) is 0.859. The van der Waals surface area contributed by atoms with Crippen LogP contribution in [0.2, 0.25) is 0 Å². The van der Waals surface area contributed by atoms with Gasteiger partial charge in [0.15, 0.2) is 0 Å². The molecule has 0 amide bonds. The van der Waals surface area contributed by atoms with Crippen LogP contribution in [0.5, 0.6) is 0 Å². The number of rotatable bonds is 4. The Labute approximate surface area is 110 Å². The van der Waals surface area contributed by atoms with E-state index in [1.165, 1.54) is 22.3 Å². The van der Waals surface area contributed by atoms with E-state index in [1.807, 2.05) is 0 Å². The Bertz CT molecular complexity index is 517. The molecule has 0 radical (unpaired) electrons. The van der Waals surface area contributed by atoms with Crippen molar-refractivity contribution in [2.24, 2.45) is 5.73 Å². The van der Waals surface area contributed by atoms with E-state index < -0.39 is 0 Å². The maximum absolute atomic E-state index is 6.28. The lowest BCUT2D eigenvalue weighted by Crippen LogP contribution is -2.12. The number of hydrogen-bond donors (Lipinski definition) is 1. The van der Waals surface area contributed by atoms with Crippen molar-refractivity contribution < 1.29 is 0 Å². The van der Waals surface area contributed by atoms with Crippen LogP contribution in [0.25, 0.3) is 0 Å². The third-order valence-corrected chi connectivity index (χ3v) is 3.41. The minimum atomic E-state index is 0.131. The van der Waals surface area contributed by atoms with Gasteiger partial charge in [0.2, 0.25) is 0 Å². The van der Waals surface area contributed by atoms with Crippen LogP contribution in [0.3, 0.4) is 0 Å². The Morgan fingerprint density at radius 2 is 1.78 bits per heavy atom. The minimum absolute atomic E-state index is 0.131. The van der Waals surface area contributed by atoms with Gasteiger partial charge in [-0.05, 0) is 43.4 Å². The van der Waals surface area contributed by atoms with E-state index >= 15 is 0 Å². The van der Waals surface area contributed by atoms with Gasteiger partial charge in [0.1, 0.15) is 0 Å². The fourth-order valence-corrected chi connectivity index (χ4v) is 2.35. The van der Waals surface area contributed by atoms with Crippen molar-refractivity contribution in [3.05, 3.63) is 70.8 Å². The second-order valence-corrected chi connectivity index (χ2v) is 4.99. The summed E-state index contributed by atoms with van der Waals surface area (Å²) in [6.07, 6.45) is 2.03. The number of hydrogen-bond acceptors (Lipinski definition) is 1. The highest BCUT2D eigenvalue weighted by molar-refractivity contribution is 5.29. The summed E-state index contributed by atoms with van der Waals surface area (Å²) in [6.45, 7) is 4.26. The van der Waals surface area contributed by atoms with Gasteiger partial charge in [-0.15, -0.1) is 0 Å². The van der Waals surface area contributed by atoms with E-state index in [-0.39, 0.29) is 6.04 Å². The van der Waals surface area contributed by atoms with E-state index in [4.69, 9.17) is 5.73 Å². The molecule has 0 bridgehead atoms. The van der Waals surface area contributed by atoms with Crippen LogP contribution in [0.4, 0.5) is 0 Å². The molecule has 1 nitrogen and oxygen atoms in total. The zero-order chi connectivity index (χ0) is 13.0. The molecule has 0 aromatic heterocycles. The van der Waals surface area contributed by atoms with Gasteiger partial charge in [0.05, 0.1) is 0 Å². The summed E-state index contributed by atoms with van der Waals surface area (Å²) >= 11 is 0. The van der Waals surface area contributed by atoms with Crippen LogP contribution >= 0.6 is 0 Å². The van der Waals surface area contributed by atoms with E-state index in [9.17, 15) is 0 Å². The second kappa shape index (κ2) is 5.83. The SMILES string of the molecule is Cc1cccc(CCC(N)c2ccccc2C)c1. The lowest BCUT2D eigenvalue weighted by Gasteiger charge is -2.14. The normalized spacial score (nSPS) is 12.4. The van der Waals surface area contributed by atoms with Crippen molar-refractivity contribution in [2.75, 3.05) is 0 Å². The molecule has 94 valence electrons. The zero-order valence-corrected chi connectivity index (χ0v) is 11.2. The summed E-state index contributed by atoms with van der Waals surface area (Å²) in [4.78, 5) is 0. The van der Waals surface area contributed by atoms with Gasteiger partial charge < -0.3 is 5.73 Å². The fraction of sp³-hybridized carbons (Fsp3) is 0.294. The topological polar surface area (TPSA) is 26.0 Å². The first kappa shape index (κ1) is 12.8. The molecule has 1 unspecified atom stereocenters. The maximum atomic E-state index is 6.28. The van der Waals surface area contributed by atoms with Crippen molar-refractivity contribution in [1.82, 2.24) is 0 Å². The molecular formula is C17H21N. The molecule has 2 aromatic rings. The van der Waals surface area contributed by atoms with Gasteiger partial charge in [0, 0.05) is 6.04 Å². The number of benzene rings is 2. The van der Waals surface area contributed by atoms with Crippen LogP contribution < -0.4 is 5.73 Å². The Kier molecular flexibility index (Phi) is 4.16. The lowest BCUT2D eigenvalue weighted by atomic mass is 9.96. The number of aryl methyl sites for hydroxylation is 3. The fourth-order valence-electron chi connectivity index (χ4n) is 2.35. The van der Waals surface area contributed by atoms with Crippen LogP contribution in [0.1, 0.15) is 34.7 Å². The highest BCUT2D eigenvalue weighted by Gasteiger charge is 2.08. The third-order valence-electron chi connectivity index (χ3n) is 3.41. The third kappa shape index (κ3) is 3.21. The largest absolute Gasteiger partial charge is 0.324 e. The Balaban J connectivity index is 2.00. The second-order valence-electron chi connectivity index (χ2n) is 4.99. The van der Waals surface area contributed by atoms with Crippen molar-refractivity contribution in [1.29, 1.82) is 0 Å². The highest BCUT2D eigenvalue weighted by Crippen LogP contribution is 2.20. The molecule has 0 aliphatic heterocycles. The smallest absolute Gasteiger partial charge is 0.0300 e. The van der Waals surface area contributed by atoms with Gasteiger partial charge in [-0.2, -0.15) is 0 Å². The summed E-state index contributed by atoms with van der Waals surface area (Å²) in [5.41, 5.74) is 11.5. The summed E-state index contributed by atoms with van der Waals surface area (Å²) in [5.74, 6) is 0. The van der Waals surface area contributed by atoms with Crippen molar-refractivity contribution in [3.63, 3.8) is 0 Å². The molecule has 1 heteroatoms. The Morgan fingerprint density at radius 1 is 1.00 bits per heavy atom. The molecule has 0 spiro atoms. The monoisotopic (exact) mass is 239 g/mol. The van der Waals surface area contributed by atoms with E-state index in [0.29, 0.717) is 0 Å². The van der Waals surface area contributed by atoms with Gasteiger partial charge >= 0.3 is 0 Å². The molecular weight excluding hydrogens is 218 g/mol. The van der Waals surface area contributed by atoms with E-state index in [2.05, 4.69) is 62.4 Å². The van der Waals surface area contributed by atoms with Crippen LogP contribution in [-0.4, -0.2) is 0 Å². The molecule has 0 heterocycles. The molecule has 0 aliphatic rings. The average molecular weight is 239 g/mol.